The number of nitro benzene ring substituents is 1. The maximum absolute atomic E-state index is 13.7. The topological polar surface area (TPSA) is 180 Å². The van der Waals surface area contributed by atoms with Crippen molar-refractivity contribution in [3.05, 3.63) is 86.5 Å². The number of hydrogen-bond donors (Lipinski definition) is 2. The van der Waals surface area contributed by atoms with Crippen LogP contribution in [-0.2, 0) is 19.6 Å². The normalized spacial score (nSPS) is 16.5. The number of aliphatic carboxylic acids is 1. The predicted octanol–water partition coefficient (Wildman–Crippen LogP) is 2.51. The SMILES string of the molecule is O=C(O)CC(NC(=O)C1N(C(=O)c2ccc(Cl)nc2)CCN1S(=O)(=O)c1cccs1)c1cccc([N+](=O)[O-])c1. The van der Waals surface area contributed by atoms with Gasteiger partial charge < -0.3 is 15.3 Å². The molecule has 0 saturated carbocycles. The van der Waals surface area contributed by atoms with Crippen molar-refractivity contribution in [2.75, 3.05) is 13.1 Å². The third-order valence-corrected chi connectivity index (χ3v) is 9.29. The zero-order valence-electron chi connectivity index (χ0n) is 19.8. The van der Waals surface area contributed by atoms with Gasteiger partial charge in [-0.1, -0.05) is 29.8 Å². The lowest BCUT2D eigenvalue weighted by molar-refractivity contribution is -0.384. The molecule has 1 saturated heterocycles. The van der Waals surface area contributed by atoms with Gasteiger partial charge in [0.1, 0.15) is 9.36 Å². The van der Waals surface area contributed by atoms with Gasteiger partial charge in [0.05, 0.1) is 22.9 Å². The highest BCUT2D eigenvalue weighted by Gasteiger charge is 2.47. The molecule has 2 atom stereocenters. The first-order valence-electron chi connectivity index (χ1n) is 11.2. The van der Waals surface area contributed by atoms with Crippen LogP contribution in [0.5, 0.6) is 0 Å². The average molecular weight is 594 g/mol. The molecule has 16 heteroatoms. The van der Waals surface area contributed by atoms with Crippen LogP contribution in [0.4, 0.5) is 5.69 Å². The molecule has 0 spiro atoms. The van der Waals surface area contributed by atoms with Crippen molar-refractivity contribution in [3.8, 4) is 0 Å². The van der Waals surface area contributed by atoms with Crippen LogP contribution in [0, 0.1) is 10.1 Å². The molecule has 4 rings (SSSR count). The van der Waals surface area contributed by atoms with Gasteiger partial charge in [0.2, 0.25) is 0 Å². The number of aromatic nitrogens is 1. The van der Waals surface area contributed by atoms with Gasteiger partial charge in [-0.2, -0.15) is 4.31 Å². The Morgan fingerprint density at radius 1 is 1.21 bits per heavy atom. The van der Waals surface area contributed by atoms with Crippen LogP contribution in [0.3, 0.4) is 0 Å². The number of sulfonamides is 1. The van der Waals surface area contributed by atoms with Crippen molar-refractivity contribution in [2.24, 2.45) is 0 Å². The molecule has 0 aliphatic carbocycles. The second-order valence-corrected chi connectivity index (χ2v) is 11.8. The van der Waals surface area contributed by atoms with E-state index in [1.165, 1.54) is 48.7 Å². The Kier molecular flexibility index (Phi) is 8.25. The largest absolute Gasteiger partial charge is 0.481 e. The number of non-ortho nitro benzene ring substituents is 1. The number of carboxylic acids is 1. The number of hydrogen-bond acceptors (Lipinski definition) is 9. The number of carbonyl (C=O) groups excluding carboxylic acids is 2. The van der Waals surface area contributed by atoms with Crippen LogP contribution in [0.1, 0.15) is 28.4 Å². The molecule has 2 aromatic heterocycles. The Labute approximate surface area is 230 Å². The van der Waals surface area contributed by atoms with Crippen LogP contribution >= 0.6 is 22.9 Å². The molecule has 1 fully saturated rings. The first-order valence-corrected chi connectivity index (χ1v) is 13.9. The lowest BCUT2D eigenvalue weighted by Gasteiger charge is -2.30. The summed E-state index contributed by atoms with van der Waals surface area (Å²) in [4.78, 5) is 54.1. The van der Waals surface area contributed by atoms with E-state index in [1.54, 1.807) is 5.38 Å². The lowest BCUT2D eigenvalue weighted by Crippen LogP contribution is -2.54. The number of carbonyl (C=O) groups is 3. The summed E-state index contributed by atoms with van der Waals surface area (Å²) in [6.45, 7) is -0.365. The molecular formula is C23H20ClN5O8S2. The quantitative estimate of drug-likeness (QED) is 0.214. The van der Waals surface area contributed by atoms with Crippen molar-refractivity contribution in [2.45, 2.75) is 22.8 Å². The van der Waals surface area contributed by atoms with E-state index in [0.29, 0.717) is 0 Å². The molecule has 1 aliphatic heterocycles. The zero-order chi connectivity index (χ0) is 28.3. The molecule has 39 heavy (non-hydrogen) atoms. The minimum atomic E-state index is -4.23. The van der Waals surface area contributed by atoms with Crippen LogP contribution in [0.25, 0.3) is 0 Å². The molecule has 1 aromatic carbocycles. The average Bonchev–Trinajstić information content (AvgIpc) is 3.60. The Bertz CT molecular complexity index is 1520. The number of pyridine rings is 1. The summed E-state index contributed by atoms with van der Waals surface area (Å²) in [6, 6.07) is 9.41. The standard InChI is InChI=1S/C23H20ClN5O8S2/c24-18-7-6-15(13-25-18)23(33)27-8-9-28(39(36,37)20-5-2-10-38-20)22(27)21(32)26-17(12-19(30)31)14-3-1-4-16(11-14)29(34)35/h1-7,10-11,13,17,22H,8-9,12H2,(H,26,32)(H,30,31). The molecule has 0 bridgehead atoms. The highest BCUT2D eigenvalue weighted by atomic mass is 35.5. The van der Waals surface area contributed by atoms with E-state index in [-0.39, 0.29) is 39.3 Å². The highest BCUT2D eigenvalue weighted by molar-refractivity contribution is 7.91. The highest BCUT2D eigenvalue weighted by Crippen LogP contribution is 2.30. The molecular weight excluding hydrogens is 574 g/mol. The molecule has 3 heterocycles. The summed E-state index contributed by atoms with van der Waals surface area (Å²) in [5.74, 6) is -3.00. The molecule has 204 valence electrons. The summed E-state index contributed by atoms with van der Waals surface area (Å²) in [5.41, 5.74) is -0.161. The number of nitrogens with one attached hydrogen (secondary N) is 1. The number of nitrogens with zero attached hydrogens (tertiary/aromatic N) is 4. The van der Waals surface area contributed by atoms with E-state index in [1.807, 2.05) is 0 Å². The van der Waals surface area contributed by atoms with Crippen LogP contribution in [0.2, 0.25) is 5.15 Å². The number of rotatable bonds is 9. The molecule has 2 amide bonds. The third kappa shape index (κ3) is 6.06. The van der Waals surface area contributed by atoms with Gasteiger partial charge in [-0.25, -0.2) is 13.4 Å². The fourth-order valence-electron chi connectivity index (χ4n) is 4.07. The molecule has 3 aromatic rings. The van der Waals surface area contributed by atoms with E-state index in [0.717, 1.165) is 26.6 Å². The van der Waals surface area contributed by atoms with Gasteiger partial charge in [0.25, 0.3) is 27.5 Å². The van der Waals surface area contributed by atoms with Crippen LogP contribution in [0.15, 0.2) is 64.3 Å². The molecule has 2 N–H and O–H groups in total. The van der Waals surface area contributed by atoms with Crippen molar-refractivity contribution in [1.29, 1.82) is 0 Å². The van der Waals surface area contributed by atoms with Gasteiger partial charge in [0.15, 0.2) is 6.17 Å². The fourth-order valence-corrected chi connectivity index (χ4v) is 6.84. The van der Waals surface area contributed by atoms with Gasteiger partial charge in [-0.3, -0.25) is 24.5 Å². The summed E-state index contributed by atoms with van der Waals surface area (Å²) in [6.07, 6.45) is -1.16. The number of benzene rings is 1. The first kappa shape index (κ1) is 28.1. The van der Waals surface area contributed by atoms with Crippen LogP contribution < -0.4 is 5.32 Å². The summed E-state index contributed by atoms with van der Waals surface area (Å²) >= 11 is 6.74. The molecule has 2 unspecified atom stereocenters. The van der Waals surface area contributed by atoms with Crippen molar-refractivity contribution in [3.63, 3.8) is 0 Å². The number of amides is 2. The van der Waals surface area contributed by atoms with Crippen molar-refractivity contribution in [1.82, 2.24) is 19.5 Å². The molecule has 0 radical (unpaired) electrons. The lowest BCUT2D eigenvalue weighted by atomic mass is 10.0. The van der Waals surface area contributed by atoms with E-state index < -0.39 is 51.4 Å². The number of carboxylic acid groups (broad SMARTS) is 1. The van der Waals surface area contributed by atoms with Crippen LogP contribution in [-0.4, -0.2) is 69.7 Å². The van der Waals surface area contributed by atoms with E-state index in [4.69, 9.17) is 11.6 Å². The van der Waals surface area contributed by atoms with Gasteiger partial charge in [0, 0.05) is 31.4 Å². The predicted molar refractivity (Wildman–Crippen MR) is 139 cm³/mol. The van der Waals surface area contributed by atoms with E-state index in [9.17, 15) is 38.0 Å². The van der Waals surface area contributed by atoms with Gasteiger partial charge in [-0.05, 0) is 29.1 Å². The summed E-state index contributed by atoms with van der Waals surface area (Å²) < 4.78 is 27.7. The Morgan fingerprint density at radius 2 is 1.97 bits per heavy atom. The van der Waals surface area contributed by atoms with Crippen molar-refractivity contribution < 1.29 is 32.8 Å². The number of halogens is 1. The maximum Gasteiger partial charge on any atom is 0.305 e. The second kappa shape index (κ2) is 11.4. The number of thiophene rings is 1. The minimum Gasteiger partial charge on any atom is -0.481 e. The summed E-state index contributed by atoms with van der Waals surface area (Å²) in [5, 5.41) is 24.8. The number of nitro groups is 1. The van der Waals surface area contributed by atoms with E-state index >= 15 is 0 Å². The minimum absolute atomic E-state index is 0.0494. The molecule has 13 nitrogen and oxygen atoms in total. The Hall–Kier alpha value is -3.92. The first-order chi connectivity index (χ1) is 18.5. The maximum atomic E-state index is 13.7. The fraction of sp³-hybridized carbons (Fsp3) is 0.217. The zero-order valence-corrected chi connectivity index (χ0v) is 22.2. The Morgan fingerprint density at radius 3 is 2.59 bits per heavy atom. The third-order valence-electron chi connectivity index (χ3n) is 5.84. The van der Waals surface area contributed by atoms with E-state index in [2.05, 4.69) is 10.3 Å². The van der Waals surface area contributed by atoms with Gasteiger partial charge >= 0.3 is 5.97 Å². The monoisotopic (exact) mass is 593 g/mol. The Balaban J connectivity index is 1.72. The molecule has 1 aliphatic rings. The summed E-state index contributed by atoms with van der Waals surface area (Å²) in [7, 11) is -4.23. The smallest absolute Gasteiger partial charge is 0.305 e. The second-order valence-electron chi connectivity index (χ2n) is 8.30. The van der Waals surface area contributed by atoms with Gasteiger partial charge in [-0.15, -0.1) is 11.3 Å². The van der Waals surface area contributed by atoms with Crippen molar-refractivity contribution >= 4 is 56.4 Å².